The molecule has 1 atom stereocenters. The smallest absolute Gasteiger partial charge is 0.118 e. The van der Waals surface area contributed by atoms with Crippen molar-refractivity contribution in [1.82, 2.24) is 5.32 Å². The number of hydrogen-bond donors (Lipinski definition) is 1. The van der Waals surface area contributed by atoms with E-state index in [-0.39, 0.29) is 0 Å². The largest absolute Gasteiger partial charge is 0.497 e. The molecular weight excluding hydrogens is 234 g/mol. The quantitative estimate of drug-likeness (QED) is 0.876. The first-order valence-electron chi connectivity index (χ1n) is 6.62. The van der Waals surface area contributed by atoms with Gasteiger partial charge >= 0.3 is 0 Å². The summed E-state index contributed by atoms with van der Waals surface area (Å²) < 4.78 is 5.17. The molecule has 0 aliphatic rings. The van der Waals surface area contributed by atoms with Gasteiger partial charge in [-0.15, -0.1) is 0 Å². The summed E-state index contributed by atoms with van der Waals surface area (Å²) >= 11 is 0. The molecule has 0 heterocycles. The first-order valence-corrected chi connectivity index (χ1v) is 6.62. The number of hydrogen-bond acceptors (Lipinski definition) is 2. The number of ether oxygens (including phenoxy) is 1. The number of rotatable bonds is 5. The van der Waals surface area contributed by atoms with Crippen LogP contribution in [0.1, 0.15) is 29.7 Å². The van der Waals surface area contributed by atoms with Gasteiger partial charge < -0.3 is 10.1 Å². The van der Waals surface area contributed by atoms with Gasteiger partial charge in [-0.05, 0) is 37.1 Å². The van der Waals surface area contributed by atoms with E-state index in [9.17, 15) is 0 Å². The Hall–Kier alpha value is -1.80. The summed E-state index contributed by atoms with van der Waals surface area (Å²) in [7, 11) is 1.69. The standard InChI is InChI=1S/C17H21NO/c1-13-5-4-6-15(11-13)12-18-14(2)16-7-9-17(19-3)10-8-16/h4-11,14,18H,12H2,1-3H3. The van der Waals surface area contributed by atoms with Crippen molar-refractivity contribution in [2.24, 2.45) is 0 Å². The van der Waals surface area contributed by atoms with Crippen LogP contribution >= 0.6 is 0 Å². The molecule has 2 heteroatoms. The molecule has 0 amide bonds. The van der Waals surface area contributed by atoms with E-state index in [4.69, 9.17) is 4.74 Å². The molecule has 0 aliphatic carbocycles. The SMILES string of the molecule is COc1ccc(C(C)NCc2cccc(C)c2)cc1. The predicted molar refractivity (Wildman–Crippen MR) is 79.4 cm³/mol. The Bertz CT molecular complexity index is 519. The van der Waals surface area contributed by atoms with Crippen molar-refractivity contribution >= 4 is 0 Å². The average molecular weight is 255 g/mol. The first kappa shape index (κ1) is 13.6. The lowest BCUT2D eigenvalue weighted by Gasteiger charge is -2.15. The second-order valence-electron chi connectivity index (χ2n) is 4.86. The summed E-state index contributed by atoms with van der Waals surface area (Å²) in [5, 5.41) is 3.54. The van der Waals surface area contributed by atoms with Crippen LogP contribution in [-0.2, 0) is 6.54 Å². The molecule has 0 bridgehead atoms. The van der Waals surface area contributed by atoms with Gasteiger partial charge in [0, 0.05) is 12.6 Å². The van der Waals surface area contributed by atoms with Gasteiger partial charge in [-0.2, -0.15) is 0 Å². The Morgan fingerprint density at radius 3 is 2.47 bits per heavy atom. The third-order valence-electron chi connectivity index (χ3n) is 3.31. The molecule has 100 valence electrons. The highest BCUT2D eigenvalue weighted by atomic mass is 16.5. The molecular formula is C17H21NO. The van der Waals surface area contributed by atoms with E-state index in [1.807, 2.05) is 12.1 Å². The molecule has 0 saturated heterocycles. The van der Waals surface area contributed by atoms with Gasteiger partial charge in [0.25, 0.3) is 0 Å². The van der Waals surface area contributed by atoms with Crippen LogP contribution in [0.25, 0.3) is 0 Å². The lowest BCUT2D eigenvalue weighted by Crippen LogP contribution is -2.18. The lowest BCUT2D eigenvalue weighted by atomic mass is 10.1. The van der Waals surface area contributed by atoms with Crippen molar-refractivity contribution in [2.45, 2.75) is 26.4 Å². The van der Waals surface area contributed by atoms with Gasteiger partial charge in [0.05, 0.1) is 7.11 Å². The Morgan fingerprint density at radius 1 is 1.11 bits per heavy atom. The van der Waals surface area contributed by atoms with Crippen LogP contribution in [0, 0.1) is 6.92 Å². The van der Waals surface area contributed by atoms with Crippen LogP contribution in [0.15, 0.2) is 48.5 Å². The molecule has 0 aromatic heterocycles. The third kappa shape index (κ3) is 3.83. The average Bonchev–Trinajstić information content (AvgIpc) is 2.45. The number of nitrogens with one attached hydrogen (secondary N) is 1. The van der Waals surface area contributed by atoms with Gasteiger partial charge in [0.1, 0.15) is 5.75 Å². The van der Waals surface area contributed by atoms with E-state index in [0.717, 1.165) is 12.3 Å². The minimum Gasteiger partial charge on any atom is -0.497 e. The predicted octanol–water partition coefficient (Wildman–Crippen LogP) is 3.85. The van der Waals surface area contributed by atoms with Crippen molar-refractivity contribution in [1.29, 1.82) is 0 Å². The molecule has 1 N–H and O–H groups in total. The highest BCUT2D eigenvalue weighted by Gasteiger charge is 2.05. The fourth-order valence-electron chi connectivity index (χ4n) is 2.10. The summed E-state index contributed by atoms with van der Waals surface area (Å²) in [6.45, 7) is 5.18. The van der Waals surface area contributed by atoms with Crippen molar-refractivity contribution in [2.75, 3.05) is 7.11 Å². The second-order valence-corrected chi connectivity index (χ2v) is 4.86. The fraction of sp³-hybridized carbons (Fsp3) is 0.294. The van der Waals surface area contributed by atoms with Crippen molar-refractivity contribution in [3.05, 3.63) is 65.2 Å². The highest BCUT2D eigenvalue weighted by Crippen LogP contribution is 2.17. The van der Waals surface area contributed by atoms with Gasteiger partial charge in [0.2, 0.25) is 0 Å². The lowest BCUT2D eigenvalue weighted by molar-refractivity contribution is 0.414. The topological polar surface area (TPSA) is 21.3 Å². The maximum absolute atomic E-state index is 5.17. The van der Waals surface area contributed by atoms with Crippen LogP contribution in [0.2, 0.25) is 0 Å². The molecule has 2 aromatic rings. The zero-order valence-corrected chi connectivity index (χ0v) is 11.8. The van der Waals surface area contributed by atoms with Crippen molar-refractivity contribution in [3.8, 4) is 5.75 Å². The first-order chi connectivity index (χ1) is 9.19. The molecule has 0 fully saturated rings. The Kier molecular flexibility index (Phi) is 4.58. The van der Waals surface area contributed by atoms with E-state index >= 15 is 0 Å². The van der Waals surface area contributed by atoms with Gasteiger partial charge in [-0.25, -0.2) is 0 Å². The summed E-state index contributed by atoms with van der Waals surface area (Å²) in [6.07, 6.45) is 0. The Labute approximate surface area is 115 Å². The molecule has 2 rings (SSSR count). The molecule has 2 aromatic carbocycles. The molecule has 0 radical (unpaired) electrons. The Balaban J connectivity index is 1.95. The van der Waals surface area contributed by atoms with Crippen LogP contribution < -0.4 is 10.1 Å². The number of benzene rings is 2. The summed E-state index contributed by atoms with van der Waals surface area (Å²) in [5.41, 5.74) is 3.89. The normalized spacial score (nSPS) is 12.2. The zero-order chi connectivity index (χ0) is 13.7. The van der Waals surface area contributed by atoms with Gasteiger partial charge in [-0.1, -0.05) is 42.0 Å². The Morgan fingerprint density at radius 2 is 1.84 bits per heavy atom. The van der Waals surface area contributed by atoms with Crippen LogP contribution in [0.3, 0.4) is 0 Å². The van der Waals surface area contributed by atoms with Crippen molar-refractivity contribution < 1.29 is 4.74 Å². The third-order valence-corrected chi connectivity index (χ3v) is 3.31. The number of methoxy groups -OCH3 is 1. The summed E-state index contributed by atoms with van der Waals surface area (Å²) in [5.74, 6) is 0.898. The maximum atomic E-state index is 5.17. The minimum atomic E-state index is 0.325. The molecule has 1 unspecified atom stereocenters. The maximum Gasteiger partial charge on any atom is 0.118 e. The van der Waals surface area contributed by atoms with Crippen molar-refractivity contribution in [3.63, 3.8) is 0 Å². The van der Waals surface area contributed by atoms with E-state index < -0.39 is 0 Å². The van der Waals surface area contributed by atoms with Gasteiger partial charge in [0.15, 0.2) is 0 Å². The number of aryl methyl sites for hydroxylation is 1. The van der Waals surface area contributed by atoms with E-state index in [2.05, 4.69) is 55.6 Å². The summed E-state index contributed by atoms with van der Waals surface area (Å²) in [6, 6.07) is 17.1. The molecule has 19 heavy (non-hydrogen) atoms. The minimum absolute atomic E-state index is 0.325. The fourth-order valence-corrected chi connectivity index (χ4v) is 2.10. The molecule has 0 aliphatic heterocycles. The van der Waals surface area contributed by atoms with E-state index in [1.165, 1.54) is 16.7 Å². The monoisotopic (exact) mass is 255 g/mol. The molecule has 2 nitrogen and oxygen atoms in total. The molecule has 0 saturated carbocycles. The van der Waals surface area contributed by atoms with E-state index in [0.29, 0.717) is 6.04 Å². The van der Waals surface area contributed by atoms with Crippen LogP contribution in [0.5, 0.6) is 5.75 Å². The van der Waals surface area contributed by atoms with E-state index in [1.54, 1.807) is 7.11 Å². The second kappa shape index (κ2) is 6.39. The summed E-state index contributed by atoms with van der Waals surface area (Å²) in [4.78, 5) is 0. The van der Waals surface area contributed by atoms with Crippen LogP contribution in [0.4, 0.5) is 0 Å². The zero-order valence-electron chi connectivity index (χ0n) is 11.8. The highest BCUT2D eigenvalue weighted by molar-refractivity contribution is 5.29. The van der Waals surface area contributed by atoms with Crippen LogP contribution in [-0.4, -0.2) is 7.11 Å². The molecule has 0 spiro atoms. The van der Waals surface area contributed by atoms with Gasteiger partial charge in [-0.3, -0.25) is 0 Å².